The second-order valence-corrected chi connectivity index (χ2v) is 6.83. The van der Waals surface area contributed by atoms with Crippen molar-refractivity contribution in [3.63, 3.8) is 0 Å². The summed E-state index contributed by atoms with van der Waals surface area (Å²) in [5.41, 5.74) is -0.324. The van der Waals surface area contributed by atoms with Crippen molar-refractivity contribution in [1.82, 2.24) is 14.9 Å². The number of rotatable bonds is 4. The molecule has 4 rings (SSSR count). The highest BCUT2D eigenvalue weighted by Gasteiger charge is 2.30. The molecule has 0 unspecified atom stereocenters. The van der Waals surface area contributed by atoms with E-state index in [1.165, 1.54) is 6.20 Å². The van der Waals surface area contributed by atoms with Gasteiger partial charge in [0, 0.05) is 44.0 Å². The van der Waals surface area contributed by atoms with Crippen LogP contribution in [0.4, 0.5) is 10.2 Å². The third-order valence-corrected chi connectivity index (χ3v) is 5.12. The van der Waals surface area contributed by atoms with Gasteiger partial charge in [-0.1, -0.05) is 6.92 Å². The summed E-state index contributed by atoms with van der Waals surface area (Å²) in [5.74, 6) is -1.54. The Hall–Kier alpha value is -2.19. The van der Waals surface area contributed by atoms with Crippen molar-refractivity contribution in [3.05, 3.63) is 33.4 Å². The van der Waals surface area contributed by atoms with E-state index in [9.17, 15) is 14.7 Å². The van der Waals surface area contributed by atoms with Crippen LogP contribution in [0, 0.1) is 5.82 Å². The van der Waals surface area contributed by atoms with Gasteiger partial charge < -0.3 is 19.9 Å². The number of nitrogens with one attached hydrogen (secondary N) is 1. The van der Waals surface area contributed by atoms with Gasteiger partial charge in [0.05, 0.1) is 5.39 Å². The van der Waals surface area contributed by atoms with Crippen LogP contribution in [0.2, 0.25) is 0 Å². The van der Waals surface area contributed by atoms with Crippen molar-refractivity contribution in [3.8, 4) is 0 Å². The first kappa shape index (κ1) is 19.6. The van der Waals surface area contributed by atoms with E-state index in [1.807, 2.05) is 4.90 Å². The number of halogens is 2. The Morgan fingerprint density at radius 2 is 2.04 bits per heavy atom. The number of hydrogen-bond acceptors (Lipinski definition) is 5. The smallest absolute Gasteiger partial charge is 0.341 e. The summed E-state index contributed by atoms with van der Waals surface area (Å²) in [6.07, 6.45) is 3.48. The third-order valence-electron chi connectivity index (χ3n) is 5.12. The lowest BCUT2D eigenvalue weighted by molar-refractivity contribution is 0.0695. The highest BCUT2D eigenvalue weighted by atomic mass is 35.5. The molecule has 0 aromatic carbocycles. The van der Waals surface area contributed by atoms with Gasteiger partial charge in [0.25, 0.3) is 0 Å². The zero-order valence-electron chi connectivity index (χ0n) is 15.0. The van der Waals surface area contributed by atoms with Gasteiger partial charge in [-0.25, -0.2) is 14.2 Å². The van der Waals surface area contributed by atoms with Gasteiger partial charge >= 0.3 is 5.97 Å². The minimum absolute atomic E-state index is 0. The van der Waals surface area contributed by atoms with Crippen molar-refractivity contribution >= 4 is 35.2 Å². The number of carboxylic acids is 1. The Balaban J connectivity index is 0.00000210. The number of carbonyl (C=O) groups is 1. The summed E-state index contributed by atoms with van der Waals surface area (Å²) in [6, 6.07) is 0.120. The Morgan fingerprint density at radius 3 is 2.59 bits per heavy atom. The average Bonchev–Trinajstić information content (AvgIpc) is 3.47. The number of nitrogens with zero attached hydrogens (tertiary/aromatic N) is 3. The monoisotopic (exact) mass is 396 g/mol. The van der Waals surface area contributed by atoms with Crippen LogP contribution in [0.3, 0.4) is 0 Å². The van der Waals surface area contributed by atoms with Crippen LogP contribution >= 0.6 is 12.4 Å². The predicted octanol–water partition coefficient (Wildman–Crippen LogP) is 1.96. The van der Waals surface area contributed by atoms with Crippen molar-refractivity contribution in [2.45, 2.75) is 32.2 Å². The molecule has 2 N–H and O–H groups in total. The van der Waals surface area contributed by atoms with Crippen molar-refractivity contribution in [1.29, 1.82) is 0 Å². The van der Waals surface area contributed by atoms with Gasteiger partial charge in [-0.3, -0.25) is 4.79 Å². The van der Waals surface area contributed by atoms with Crippen LogP contribution in [-0.4, -0.2) is 46.8 Å². The molecule has 27 heavy (non-hydrogen) atoms. The Bertz CT molecular complexity index is 952. The molecule has 1 aliphatic carbocycles. The highest BCUT2D eigenvalue weighted by molar-refractivity contribution is 5.93. The van der Waals surface area contributed by atoms with Gasteiger partial charge in [0.2, 0.25) is 5.43 Å². The number of fused-ring (bicyclic) bond motifs is 1. The molecule has 1 saturated heterocycles. The predicted molar refractivity (Wildman–Crippen MR) is 103 cm³/mol. The number of piperazine rings is 1. The first-order valence-corrected chi connectivity index (χ1v) is 8.99. The fourth-order valence-corrected chi connectivity index (χ4v) is 3.61. The maximum atomic E-state index is 15.2. The van der Waals surface area contributed by atoms with E-state index in [0.29, 0.717) is 25.2 Å². The van der Waals surface area contributed by atoms with Crippen LogP contribution < -0.4 is 15.6 Å². The lowest BCUT2D eigenvalue weighted by atomic mass is 10.0. The molecule has 1 aliphatic heterocycles. The Labute approximate surface area is 161 Å². The third kappa shape index (κ3) is 3.27. The summed E-state index contributed by atoms with van der Waals surface area (Å²) in [7, 11) is 0. The quantitative estimate of drug-likeness (QED) is 0.821. The van der Waals surface area contributed by atoms with Gasteiger partial charge in [-0.2, -0.15) is 0 Å². The molecule has 0 atom stereocenters. The lowest BCUT2D eigenvalue weighted by Gasteiger charge is -2.29. The first-order valence-electron chi connectivity index (χ1n) is 8.99. The Morgan fingerprint density at radius 1 is 1.37 bits per heavy atom. The minimum Gasteiger partial charge on any atom is -0.477 e. The molecule has 1 saturated carbocycles. The van der Waals surface area contributed by atoms with E-state index in [1.54, 1.807) is 11.5 Å². The molecule has 3 heterocycles. The molecule has 7 nitrogen and oxygen atoms in total. The fourth-order valence-electron chi connectivity index (χ4n) is 3.61. The van der Waals surface area contributed by atoms with E-state index in [4.69, 9.17) is 0 Å². The number of aryl methyl sites for hydroxylation is 1. The molecular formula is C18H22ClFN4O3. The van der Waals surface area contributed by atoms with E-state index in [2.05, 4.69) is 10.3 Å². The van der Waals surface area contributed by atoms with Gasteiger partial charge in [-0.05, 0) is 19.3 Å². The number of aromatic nitrogens is 2. The zero-order chi connectivity index (χ0) is 18.4. The Kier molecular flexibility index (Phi) is 5.39. The molecule has 0 radical (unpaired) electrons. The molecular weight excluding hydrogens is 375 g/mol. The summed E-state index contributed by atoms with van der Waals surface area (Å²) < 4.78 is 17.0. The normalized spacial score (nSPS) is 17.0. The molecule has 9 heteroatoms. The molecule has 0 amide bonds. The number of carboxylic acid groups (broad SMARTS) is 1. The van der Waals surface area contributed by atoms with Crippen LogP contribution in [0.25, 0.3) is 11.0 Å². The summed E-state index contributed by atoms with van der Waals surface area (Å²) >= 11 is 0. The van der Waals surface area contributed by atoms with Crippen LogP contribution in [0.5, 0.6) is 0 Å². The topological polar surface area (TPSA) is 87.5 Å². The van der Waals surface area contributed by atoms with Gasteiger partial charge in [-0.15, -0.1) is 12.4 Å². The standard InChI is InChI=1S/C18H21FN4O3.ClH/c1-2-11-13-15(24)12(18(25)26)9-23(10-3-4-10)16(13)21-17(14(11)19)22-7-5-20-6-8-22;/h9-10,20H,2-8H2,1H3,(H,25,26);1H. The van der Waals surface area contributed by atoms with E-state index >= 15 is 4.39 Å². The highest BCUT2D eigenvalue weighted by Crippen LogP contribution is 2.38. The van der Waals surface area contributed by atoms with Crippen molar-refractivity contribution in [2.24, 2.45) is 0 Å². The van der Waals surface area contributed by atoms with Crippen molar-refractivity contribution in [2.75, 3.05) is 31.1 Å². The number of aromatic carboxylic acids is 1. The maximum Gasteiger partial charge on any atom is 0.341 e. The molecule has 146 valence electrons. The zero-order valence-corrected chi connectivity index (χ0v) is 15.8. The first-order chi connectivity index (χ1) is 12.5. The van der Waals surface area contributed by atoms with E-state index < -0.39 is 17.2 Å². The molecule has 2 aliphatic rings. The van der Waals surface area contributed by atoms with Crippen LogP contribution in [-0.2, 0) is 6.42 Å². The largest absolute Gasteiger partial charge is 0.477 e. The molecule has 2 fully saturated rings. The SMILES string of the molecule is CCc1c(F)c(N2CCNCC2)nc2c1c(=O)c(C(=O)O)cn2C1CC1.Cl. The lowest BCUT2D eigenvalue weighted by Crippen LogP contribution is -2.44. The number of pyridine rings is 2. The average molecular weight is 397 g/mol. The van der Waals surface area contributed by atoms with Crippen LogP contribution in [0.15, 0.2) is 11.0 Å². The summed E-state index contributed by atoms with van der Waals surface area (Å²) in [6.45, 7) is 4.54. The van der Waals surface area contributed by atoms with Crippen LogP contribution in [0.1, 0.15) is 41.7 Å². The number of hydrogen-bond donors (Lipinski definition) is 2. The van der Waals surface area contributed by atoms with Gasteiger partial charge in [0.1, 0.15) is 11.2 Å². The molecule has 0 bridgehead atoms. The van der Waals surface area contributed by atoms with Crippen molar-refractivity contribution < 1.29 is 14.3 Å². The van der Waals surface area contributed by atoms with E-state index in [0.717, 1.165) is 25.9 Å². The summed E-state index contributed by atoms with van der Waals surface area (Å²) in [4.78, 5) is 30.7. The maximum absolute atomic E-state index is 15.2. The fraction of sp³-hybridized carbons (Fsp3) is 0.500. The minimum atomic E-state index is -1.29. The number of anilines is 1. The summed E-state index contributed by atoms with van der Waals surface area (Å²) in [5, 5.41) is 12.7. The second-order valence-electron chi connectivity index (χ2n) is 6.83. The molecule has 2 aromatic rings. The van der Waals surface area contributed by atoms with Gasteiger partial charge in [0.15, 0.2) is 11.6 Å². The molecule has 0 spiro atoms. The van der Waals surface area contributed by atoms with E-state index in [-0.39, 0.29) is 40.8 Å². The second kappa shape index (κ2) is 7.44. The molecule has 2 aromatic heterocycles.